The summed E-state index contributed by atoms with van der Waals surface area (Å²) in [5.41, 5.74) is 3.24. The van der Waals surface area contributed by atoms with E-state index in [1.165, 1.54) is 29.5 Å². The fourth-order valence-electron chi connectivity index (χ4n) is 3.00. The first kappa shape index (κ1) is 22.0. The predicted octanol–water partition coefficient (Wildman–Crippen LogP) is 4.67. The van der Waals surface area contributed by atoms with Gasteiger partial charge in [0.1, 0.15) is 5.82 Å². The van der Waals surface area contributed by atoms with E-state index >= 15 is 0 Å². The molecule has 5 nitrogen and oxygen atoms in total. The van der Waals surface area contributed by atoms with Crippen molar-refractivity contribution in [2.45, 2.75) is 37.9 Å². The second-order valence-corrected chi connectivity index (χ2v) is 9.30. The smallest absolute Gasteiger partial charge is 0.233 e. The van der Waals surface area contributed by atoms with E-state index < -0.39 is 0 Å². The molecule has 0 atom stereocenters. The standard InChI is InChI=1S/C23H27FN4OS/c1-23(2,3)18-10-8-17(9-11-18)21-25-26-22(28(21)5)30-15-20(29)27(4)14-16-6-12-19(24)13-7-16/h6-13H,14-15H2,1-5H3. The normalized spacial score (nSPS) is 11.5. The monoisotopic (exact) mass is 426 g/mol. The molecule has 3 aromatic rings. The molecule has 0 spiro atoms. The number of aromatic nitrogens is 3. The quantitative estimate of drug-likeness (QED) is 0.538. The topological polar surface area (TPSA) is 51.0 Å². The van der Waals surface area contributed by atoms with Gasteiger partial charge in [-0.1, -0.05) is 68.9 Å². The second-order valence-electron chi connectivity index (χ2n) is 8.36. The minimum atomic E-state index is -0.283. The van der Waals surface area contributed by atoms with Gasteiger partial charge < -0.3 is 9.47 Å². The average Bonchev–Trinajstić information content (AvgIpc) is 3.07. The molecule has 30 heavy (non-hydrogen) atoms. The summed E-state index contributed by atoms with van der Waals surface area (Å²) in [5, 5.41) is 9.25. The summed E-state index contributed by atoms with van der Waals surface area (Å²) in [7, 11) is 3.65. The molecule has 0 saturated carbocycles. The molecule has 3 rings (SSSR count). The van der Waals surface area contributed by atoms with E-state index in [0.717, 1.165) is 17.0 Å². The summed E-state index contributed by atoms with van der Waals surface area (Å²) in [6, 6.07) is 14.5. The number of hydrogen-bond donors (Lipinski definition) is 0. The Kier molecular flexibility index (Phi) is 6.61. The molecule has 2 aromatic carbocycles. The number of rotatable bonds is 6. The SMILES string of the molecule is CN(Cc1ccc(F)cc1)C(=O)CSc1nnc(-c2ccc(C(C)(C)C)cc2)n1C. The van der Waals surface area contributed by atoms with Gasteiger partial charge in [0.25, 0.3) is 0 Å². The van der Waals surface area contributed by atoms with E-state index in [2.05, 4.69) is 55.2 Å². The summed E-state index contributed by atoms with van der Waals surface area (Å²) in [4.78, 5) is 14.1. The molecule has 0 fully saturated rings. The van der Waals surface area contributed by atoms with Crippen molar-refractivity contribution in [2.75, 3.05) is 12.8 Å². The van der Waals surface area contributed by atoms with Crippen LogP contribution in [0.4, 0.5) is 4.39 Å². The third-order valence-electron chi connectivity index (χ3n) is 4.93. The maximum Gasteiger partial charge on any atom is 0.233 e. The van der Waals surface area contributed by atoms with Gasteiger partial charge in [0.2, 0.25) is 5.91 Å². The number of carbonyl (C=O) groups is 1. The minimum Gasteiger partial charge on any atom is -0.341 e. The molecule has 0 N–H and O–H groups in total. The maximum atomic E-state index is 13.0. The van der Waals surface area contributed by atoms with Gasteiger partial charge in [0, 0.05) is 26.2 Å². The number of hydrogen-bond acceptors (Lipinski definition) is 4. The Bertz CT molecular complexity index is 1010. The largest absolute Gasteiger partial charge is 0.341 e. The van der Waals surface area contributed by atoms with Crippen LogP contribution in [0.2, 0.25) is 0 Å². The lowest BCUT2D eigenvalue weighted by Crippen LogP contribution is -2.27. The van der Waals surface area contributed by atoms with E-state index in [-0.39, 0.29) is 22.9 Å². The van der Waals surface area contributed by atoms with Crippen molar-refractivity contribution in [2.24, 2.45) is 7.05 Å². The highest BCUT2D eigenvalue weighted by atomic mass is 32.2. The molecule has 1 amide bonds. The zero-order valence-electron chi connectivity index (χ0n) is 18.0. The van der Waals surface area contributed by atoms with Crippen LogP contribution in [0.25, 0.3) is 11.4 Å². The molecule has 0 aliphatic carbocycles. The number of carbonyl (C=O) groups excluding carboxylic acids is 1. The van der Waals surface area contributed by atoms with E-state index in [4.69, 9.17) is 0 Å². The van der Waals surface area contributed by atoms with E-state index in [9.17, 15) is 9.18 Å². The zero-order chi connectivity index (χ0) is 21.9. The first-order valence-corrected chi connectivity index (χ1v) is 10.8. The van der Waals surface area contributed by atoms with Crippen molar-refractivity contribution in [3.8, 4) is 11.4 Å². The van der Waals surface area contributed by atoms with Gasteiger partial charge in [-0.05, 0) is 28.7 Å². The predicted molar refractivity (Wildman–Crippen MR) is 119 cm³/mol. The van der Waals surface area contributed by atoms with Crippen LogP contribution in [-0.2, 0) is 23.8 Å². The summed E-state index contributed by atoms with van der Waals surface area (Å²) in [5.74, 6) is 0.718. The molecule has 1 heterocycles. The van der Waals surface area contributed by atoms with Crippen LogP contribution in [0, 0.1) is 5.82 Å². The number of halogens is 1. The Hall–Kier alpha value is -2.67. The number of benzene rings is 2. The van der Waals surface area contributed by atoms with E-state index in [1.54, 1.807) is 24.1 Å². The molecule has 7 heteroatoms. The van der Waals surface area contributed by atoms with Crippen molar-refractivity contribution in [3.63, 3.8) is 0 Å². The molecule has 0 aliphatic rings. The van der Waals surface area contributed by atoms with Crippen LogP contribution in [0.3, 0.4) is 0 Å². The molecular weight excluding hydrogens is 399 g/mol. The third kappa shape index (κ3) is 5.27. The highest BCUT2D eigenvalue weighted by molar-refractivity contribution is 7.99. The van der Waals surface area contributed by atoms with Gasteiger partial charge in [-0.2, -0.15) is 0 Å². The molecule has 0 radical (unpaired) electrons. The molecule has 0 unspecified atom stereocenters. The third-order valence-corrected chi connectivity index (χ3v) is 5.93. The van der Waals surface area contributed by atoms with Crippen molar-refractivity contribution < 1.29 is 9.18 Å². The number of thioether (sulfide) groups is 1. The van der Waals surface area contributed by atoms with Gasteiger partial charge in [-0.15, -0.1) is 10.2 Å². The van der Waals surface area contributed by atoms with Crippen LogP contribution in [0.1, 0.15) is 31.9 Å². The minimum absolute atomic E-state index is 0.0246. The zero-order valence-corrected chi connectivity index (χ0v) is 18.8. The fourth-order valence-corrected chi connectivity index (χ4v) is 3.85. The fraction of sp³-hybridized carbons (Fsp3) is 0.348. The van der Waals surface area contributed by atoms with Crippen LogP contribution >= 0.6 is 11.8 Å². The molecule has 0 bridgehead atoms. The summed E-state index contributed by atoms with van der Waals surface area (Å²) >= 11 is 1.36. The van der Waals surface area contributed by atoms with Gasteiger partial charge >= 0.3 is 0 Å². The Labute approximate surface area is 181 Å². The highest BCUT2D eigenvalue weighted by Crippen LogP contribution is 2.27. The highest BCUT2D eigenvalue weighted by Gasteiger charge is 2.17. The van der Waals surface area contributed by atoms with Crippen LogP contribution in [0.5, 0.6) is 0 Å². The van der Waals surface area contributed by atoms with Crippen molar-refractivity contribution in [1.29, 1.82) is 0 Å². The lowest BCUT2D eigenvalue weighted by molar-refractivity contribution is -0.127. The van der Waals surface area contributed by atoms with Crippen molar-refractivity contribution in [3.05, 3.63) is 65.5 Å². The van der Waals surface area contributed by atoms with Gasteiger partial charge in [0.05, 0.1) is 5.75 Å². The molecule has 0 saturated heterocycles. The van der Waals surface area contributed by atoms with Gasteiger partial charge in [-0.3, -0.25) is 4.79 Å². The lowest BCUT2D eigenvalue weighted by atomic mass is 9.87. The Morgan fingerprint density at radius 2 is 1.70 bits per heavy atom. The Balaban J connectivity index is 1.62. The van der Waals surface area contributed by atoms with E-state index in [0.29, 0.717) is 11.7 Å². The van der Waals surface area contributed by atoms with Crippen LogP contribution < -0.4 is 0 Å². The average molecular weight is 427 g/mol. The lowest BCUT2D eigenvalue weighted by Gasteiger charge is -2.19. The molecular formula is C23H27FN4OS. The number of nitrogens with zero attached hydrogens (tertiary/aromatic N) is 4. The maximum absolute atomic E-state index is 13.0. The number of amides is 1. The molecule has 1 aromatic heterocycles. The van der Waals surface area contributed by atoms with Crippen LogP contribution in [0.15, 0.2) is 53.7 Å². The summed E-state index contributed by atoms with van der Waals surface area (Å²) < 4.78 is 14.9. The Morgan fingerprint density at radius 1 is 1.07 bits per heavy atom. The molecule has 158 valence electrons. The van der Waals surface area contributed by atoms with Crippen LogP contribution in [-0.4, -0.2) is 38.4 Å². The van der Waals surface area contributed by atoms with Gasteiger partial charge in [0.15, 0.2) is 11.0 Å². The summed E-state index contributed by atoms with van der Waals surface area (Å²) in [6.07, 6.45) is 0. The first-order chi connectivity index (χ1) is 14.1. The first-order valence-electron chi connectivity index (χ1n) is 9.76. The summed E-state index contributed by atoms with van der Waals surface area (Å²) in [6.45, 7) is 6.99. The van der Waals surface area contributed by atoms with E-state index in [1.807, 2.05) is 11.6 Å². The second kappa shape index (κ2) is 9.00. The van der Waals surface area contributed by atoms with Gasteiger partial charge in [-0.25, -0.2) is 4.39 Å². The Morgan fingerprint density at radius 3 is 2.30 bits per heavy atom. The van der Waals surface area contributed by atoms with Crippen molar-refractivity contribution in [1.82, 2.24) is 19.7 Å². The van der Waals surface area contributed by atoms with Crippen molar-refractivity contribution >= 4 is 17.7 Å². The molecule has 0 aliphatic heterocycles.